The van der Waals surface area contributed by atoms with E-state index < -0.39 is 0 Å². The van der Waals surface area contributed by atoms with Crippen LogP contribution in [-0.2, 0) is 0 Å². The topological polar surface area (TPSA) is 56.0 Å². The van der Waals surface area contributed by atoms with Gasteiger partial charge >= 0.3 is 0 Å². The SMILES string of the molecule is O=[N+]([O-])c1ccc2nc(C=Cc3cccs3)sc2c1. The molecule has 0 spiro atoms. The fourth-order valence-electron chi connectivity index (χ4n) is 1.66. The van der Waals surface area contributed by atoms with Crippen molar-refractivity contribution in [2.24, 2.45) is 0 Å². The summed E-state index contributed by atoms with van der Waals surface area (Å²) in [4.78, 5) is 15.9. The quantitative estimate of drug-likeness (QED) is 0.529. The summed E-state index contributed by atoms with van der Waals surface area (Å²) in [5.41, 5.74) is 0.895. The summed E-state index contributed by atoms with van der Waals surface area (Å²) in [6.07, 6.45) is 3.93. The lowest BCUT2D eigenvalue weighted by atomic mass is 10.3. The van der Waals surface area contributed by atoms with Crippen molar-refractivity contribution in [1.82, 2.24) is 4.98 Å². The molecule has 2 aromatic heterocycles. The Hall–Kier alpha value is -2.05. The van der Waals surface area contributed by atoms with Crippen molar-refractivity contribution in [2.75, 3.05) is 0 Å². The lowest BCUT2D eigenvalue weighted by Crippen LogP contribution is -1.85. The predicted molar refractivity (Wildman–Crippen MR) is 79.5 cm³/mol. The lowest BCUT2D eigenvalue weighted by molar-refractivity contribution is -0.384. The van der Waals surface area contributed by atoms with Crippen LogP contribution in [0.1, 0.15) is 9.88 Å². The second kappa shape index (κ2) is 4.91. The van der Waals surface area contributed by atoms with Crippen molar-refractivity contribution in [3.8, 4) is 0 Å². The highest BCUT2D eigenvalue weighted by molar-refractivity contribution is 7.19. The van der Waals surface area contributed by atoms with Gasteiger partial charge in [-0.2, -0.15) is 0 Å². The number of thiazole rings is 1. The standard InChI is InChI=1S/C13H8N2O2S2/c16-15(17)9-3-5-11-12(8-9)19-13(14-11)6-4-10-2-1-7-18-10/h1-8H. The second-order valence-electron chi connectivity index (χ2n) is 3.81. The summed E-state index contributed by atoms with van der Waals surface area (Å²) in [5.74, 6) is 0. The molecule has 2 heterocycles. The van der Waals surface area contributed by atoms with Crippen molar-refractivity contribution >= 4 is 50.7 Å². The minimum absolute atomic E-state index is 0.102. The average molecular weight is 288 g/mol. The first-order chi connectivity index (χ1) is 9.22. The molecule has 0 fully saturated rings. The van der Waals surface area contributed by atoms with E-state index in [1.54, 1.807) is 23.5 Å². The van der Waals surface area contributed by atoms with Crippen LogP contribution in [0.25, 0.3) is 22.4 Å². The Labute approximate surface area is 116 Å². The summed E-state index contributed by atoms with van der Waals surface area (Å²) >= 11 is 3.11. The first kappa shape index (κ1) is 12.0. The Morgan fingerprint density at radius 2 is 2.16 bits per heavy atom. The molecule has 19 heavy (non-hydrogen) atoms. The molecule has 6 heteroatoms. The maximum Gasteiger partial charge on any atom is 0.270 e. The Morgan fingerprint density at radius 1 is 1.26 bits per heavy atom. The van der Waals surface area contributed by atoms with E-state index in [0.29, 0.717) is 0 Å². The third-order valence-corrected chi connectivity index (χ3v) is 4.35. The first-order valence-corrected chi connectivity index (χ1v) is 7.18. The van der Waals surface area contributed by atoms with Gasteiger partial charge in [-0.1, -0.05) is 6.07 Å². The van der Waals surface area contributed by atoms with Gasteiger partial charge in [-0.05, 0) is 29.7 Å². The molecule has 3 rings (SSSR count). The third-order valence-electron chi connectivity index (χ3n) is 2.53. The van der Waals surface area contributed by atoms with Crippen LogP contribution < -0.4 is 0 Å². The van der Waals surface area contributed by atoms with Gasteiger partial charge in [0.25, 0.3) is 5.69 Å². The van der Waals surface area contributed by atoms with E-state index in [1.807, 2.05) is 29.7 Å². The Balaban J connectivity index is 1.95. The van der Waals surface area contributed by atoms with Crippen molar-refractivity contribution in [2.45, 2.75) is 0 Å². The molecule has 0 saturated heterocycles. The molecular formula is C13H8N2O2S2. The number of nitro benzene ring substituents is 1. The van der Waals surface area contributed by atoms with E-state index in [9.17, 15) is 10.1 Å². The molecule has 0 unspecified atom stereocenters. The van der Waals surface area contributed by atoms with Gasteiger partial charge in [-0.15, -0.1) is 22.7 Å². The zero-order valence-electron chi connectivity index (χ0n) is 9.65. The van der Waals surface area contributed by atoms with Crippen LogP contribution >= 0.6 is 22.7 Å². The minimum Gasteiger partial charge on any atom is -0.258 e. The Morgan fingerprint density at radius 3 is 2.89 bits per heavy atom. The van der Waals surface area contributed by atoms with Gasteiger partial charge in [0.2, 0.25) is 0 Å². The summed E-state index contributed by atoms with van der Waals surface area (Å²) in [6.45, 7) is 0. The molecule has 0 aliphatic carbocycles. The van der Waals surface area contributed by atoms with Crippen molar-refractivity contribution in [3.05, 3.63) is 55.7 Å². The summed E-state index contributed by atoms with van der Waals surface area (Å²) in [5, 5.41) is 13.6. The van der Waals surface area contributed by atoms with Gasteiger partial charge in [0.1, 0.15) is 5.01 Å². The molecule has 0 atom stereocenters. The number of benzene rings is 1. The number of hydrogen-bond acceptors (Lipinski definition) is 5. The Bertz CT molecular complexity index is 760. The minimum atomic E-state index is -0.389. The summed E-state index contributed by atoms with van der Waals surface area (Å²) in [7, 11) is 0. The number of nitro groups is 1. The lowest BCUT2D eigenvalue weighted by Gasteiger charge is -1.88. The number of nitrogens with zero attached hydrogens (tertiary/aromatic N) is 2. The number of fused-ring (bicyclic) bond motifs is 1. The van der Waals surface area contributed by atoms with Crippen LogP contribution in [0.15, 0.2) is 35.7 Å². The Kier molecular flexibility index (Phi) is 3.10. The molecule has 0 saturated carbocycles. The van der Waals surface area contributed by atoms with Crippen molar-refractivity contribution < 1.29 is 4.92 Å². The fraction of sp³-hybridized carbons (Fsp3) is 0. The fourth-order valence-corrected chi connectivity index (χ4v) is 3.18. The van der Waals surface area contributed by atoms with Crippen LogP contribution in [0, 0.1) is 10.1 Å². The third kappa shape index (κ3) is 2.54. The smallest absolute Gasteiger partial charge is 0.258 e. The zero-order chi connectivity index (χ0) is 13.2. The van der Waals surface area contributed by atoms with E-state index in [4.69, 9.17) is 0 Å². The molecule has 0 aliphatic heterocycles. The number of hydrogen-bond donors (Lipinski definition) is 0. The predicted octanol–water partition coefficient (Wildman–Crippen LogP) is 4.44. The van der Waals surface area contributed by atoms with Gasteiger partial charge in [-0.3, -0.25) is 10.1 Å². The van der Waals surface area contributed by atoms with Crippen LogP contribution in [0.5, 0.6) is 0 Å². The number of aromatic nitrogens is 1. The van der Waals surface area contributed by atoms with E-state index >= 15 is 0 Å². The first-order valence-electron chi connectivity index (χ1n) is 5.49. The van der Waals surface area contributed by atoms with E-state index in [-0.39, 0.29) is 10.6 Å². The normalized spacial score (nSPS) is 11.4. The van der Waals surface area contributed by atoms with Gasteiger partial charge < -0.3 is 0 Å². The van der Waals surface area contributed by atoms with Crippen molar-refractivity contribution in [1.29, 1.82) is 0 Å². The molecule has 1 aromatic carbocycles. The van der Waals surface area contributed by atoms with Crippen LogP contribution in [0.4, 0.5) is 5.69 Å². The molecule has 3 aromatic rings. The van der Waals surface area contributed by atoms with Gasteiger partial charge in [0, 0.05) is 17.0 Å². The molecule has 0 aliphatic rings. The molecule has 0 N–H and O–H groups in total. The van der Waals surface area contributed by atoms with E-state index in [2.05, 4.69) is 4.98 Å². The highest BCUT2D eigenvalue weighted by atomic mass is 32.1. The zero-order valence-corrected chi connectivity index (χ0v) is 11.3. The molecule has 0 amide bonds. The van der Waals surface area contributed by atoms with Crippen LogP contribution in [-0.4, -0.2) is 9.91 Å². The van der Waals surface area contributed by atoms with Crippen LogP contribution in [0.2, 0.25) is 0 Å². The van der Waals surface area contributed by atoms with Crippen molar-refractivity contribution in [3.63, 3.8) is 0 Å². The van der Waals surface area contributed by atoms with Gasteiger partial charge in [-0.25, -0.2) is 4.98 Å². The highest BCUT2D eigenvalue weighted by Crippen LogP contribution is 2.27. The van der Waals surface area contributed by atoms with Gasteiger partial charge in [0.05, 0.1) is 15.1 Å². The molecule has 94 valence electrons. The summed E-state index contributed by atoms with van der Waals surface area (Å²) in [6, 6.07) is 8.75. The average Bonchev–Trinajstić information content (AvgIpc) is 3.04. The largest absolute Gasteiger partial charge is 0.270 e. The van der Waals surface area contributed by atoms with E-state index in [0.717, 1.165) is 20.1 Å². The number of thiophene rings is 1. The maximum atomic E-state index is 10.7. The monoisotopic (exact) mass is 288 g/mol. The molecular weight excluding hydrogens is 280 g/mol. The van der Waals surface area contributed by atoms with Crippen LogP contribution in [0.3, 0.4) is 0 Å². The summed E-state index contributed by atoms with van der Waals surface area (Å²) < 4.78 is 0.833. The van der Waals surface area contributed by atoms with E-state index in [1.165, 1.54) is 17.4 Å². The molecule has 0 bridgehead atoms. The number of rotatable bonds is 3. The maximum absolute atomic E-state index is 10.7. The molecule has 0 radical (unpaired) electrons. The molecule has 4 nitrogen and oxygen atoms in total. The second-order valence-corrected chi connectivity index (χ2v) is 5.85. The number of non-ortho nitro benzene ring substituents is 1. The highest BCUT2D eigenvalue weighted by Gasteiger charge is 2.08. The van der Waals surface area contributed by atoms with Gasteiger partial charge in [0.15, 0.2) is 0 Å².